The predicted molar refractivity (Wildman–Crippen MR) is 116 cm³/mol. The number of ether oxygens (including phenoxy) is 1. The average molecular weight is 474 g/mol. The van der Waals surface area contributed by atoms with Gasteiger partial charge >= 0.3 is 5.97 Å². The molecule has 31 heavy (non-hydrogen) atoms. The molecule has 6 nitrogen and oxygen atoms in total. The lowest BCUT2D eigenvalue weighted by atomic mass is 10.00. The molecule has 1 aliphatic heterocycles. The van der Waals surface area contributed by atoms with Crippen LogP contribution in [0.4, 0.5) is 14.5 Å². The average Bonchev–Trinajstić information content (AvgIpc) is 2.74. The van der Waals surface area contributed by atoms with Crippen molar-refractivity contribution >= 4 is 39.8 Å². The summed E-state index contributed by atoms with van der Waals surface area (Å²) < 4.78 is 52.6. The molecule has 1 heterocycles. The summed E-state index contributed by atoms with van der Waals surface area (Å²) in [6, 6.07) is 7.57. The molecular formula is C21H22ClF2NO5S. The van der Waals surface area contributed by atoms with Crippen molar-refractivity contribution in [2.24, 2.45) is 5.92 Å². The number of rotatable bonds is 5. The summed E-state index contributed by atoms with van der Waals surface area (Å²) in [6.07, 6.45) is 0.548. The van der Waals surface area contributed by atoms with E-state index >= 15 is 0 Å². The second-order valence-electron chi connectivity index (χ2n) is 7.31. The van der Waals surface area contributed by atoms with Gasteiger partial charge in [0, 0.05) is 28.7 Å². The summed E-state index contributed by atoms with van der Waals surface area (Å²) in [6.45, 7) is -0.180. The highest BCUT2D eigenvalue weighted by Crippen LogP contribution is 2.46. The van der Waals surface area contributed by atoms with Crippen LogP contribution < -0.4 is 4.90 Å². The minimum Gasteiger partial charge on any atom is -0.465 e. The van der Waals surface area contributed by atoms with Gasteiger partial charge in [0.25, 0.3) is 0 Å². The van der Waals surface area contributed by atoms with Crippen molar-refractivity contribution in [2.75, 3.05) is 23.5 Å². The number of nitrogens with zero attached hydrogens (tertiary/aromatic N) is 1. The molecule has 1 amide bonds. The maximum absolute atomic E-state index is 14.7. The van der Waals surface area contributed by atoms with E-state index in [0.717, 1.165) is 12.1 Å². The van der Waals surface area contributed by atoms with E-state index in [2.05, 4.69) is 4.74 Å². The number of hydrogen-bond donors (Lipinski definition) is 2. The lowest BCUT2D eigenvalue weighted by Gasteiger charge is -2.40. The van der Waals surface area contributed by atoms with E-state index in [-0.39, 0.29) is 58.6 Å². The molecular weight excluding hydrogens is 452 g/mol. The Labute approximate surface area is 185 Å². The third kappa shape index (κ3) is 5.54. The minimum atomic E-state index is -2.68. The van der Waals surface area contributed by atoms with Gasteiger partial charge in [-0.2, -0.15) is 10.6 Å². The molecule has 0 bridgehead atoms. The van der Waals surface area contributed by atoms with E-state index in [1.165, 1.54) is 36.3 Å². The van der Waals surface area contributed by atoms with Gasteiger partial charge in [-0.1, -0.05) is 17.7 Å². The highest BCUT2D eigenvalue weighted by atomic mass is 35.5. The smallest absolute Gasteiger partial charge is 0.337 e. The van der Waals surface area contributed by atoms with Crippen LogP contribution in [-0.4, -0.2) is 39.6 Å². The first-order valence-corrected chi connectivity index (χ1v) is 11.7. The highest BCUT2D eigenvalue weighted by Gasteiger charge is 2.32. The summed E-state index contributed by atoms with van der Waals surface area (Å²) in [4.78, 5) is 26.2. The normalized spacial score (nSPS) is 17.1. The van der Waals surface area contributed by atoms with Crippen molar-refractivity contribution in [3.8, 4) is 0 Å². The van der Waals surface area contributed by atoms with E-state index in [1.54, 1.807) is 0 Å². The number of carbonyl (C=O) groups is 2. The molecule has 0 radical (unpaired) electrons. The molecule has 0 atom stereocenters. The molecule has 0 unspecified atom stereocenters. The lowest BCUT2D eigenvalue weighted by molar-refractivity contribution is -0.122. The Kier molecular flexibility index (Phi) is 7.20. The topological polar surface area (TPSA) is 87.1 Å². The molecule has 1 fully saturated rings. The first-order chi connectivity index (χ1) is 14.6. The Morgan fingerprint density at radius 1 is 1.13 bits per heavy atom. The van der Waals surface area contributed by atoms with Crippen molar-refractivity contribution in [3.63, 3.8) is 0 Å². The largest absolute Gasteiger partial charge is 0.465 e. The summed E-state index contributed by atoms with van der Waals surface area (Å²) in [5.41, 5.74) is 0.454. The fraction of sp³-hybridized carbons (Fsp3) is 0.333. The number of halogens is 3. The first-order valence-electron chi connectivity index (χ1n) is 9.48. The number of hydrogen-bond acceptors (Lipinski definition) is 5. The Morgan fingerprint density at radius 3 is 2.39 bits per heavy atom. The zero-order valence-electron chi connectivity index (χ0n) is 16.7. The second kappa shape index (κ2) is 9.52. The summed E-state index contributed by atoms with van der Waals surface area (Å²) in [5.74, 6) is -2.67. The van der Waals surface area contributed by atoms with Crippen LogP contribution >= 0.6 is 22.2 Å². The number of esters is 1. The maximum Gasteiger partial charge on any atom is 0.337 e. The van der Waals surface area contributed by atoms with Crippen LogP contribution in [0.3, 0.4) is 0 Å². The summed E-state index contributed by atoms with van der Waals surface area (Å²) in [7, 11) is -1.49. The van der Waals surface area contributed by atoms with Gasteiger partial charge in [0.2, 0.25) is 5.91 Å². The Hall–Kier alpha value is -2.20. The minimum absolute atomic E-state index is 0.0314. The van der Waals surface area contributed by atoms with Gasteiger partial charge < -0.3 is 9.64 Å². The van der Waals surface area contributed by atoms with Crippen molar-refractivity contribution in [1.82, 2.24) is 0 Å². The SMILES string of the molecule is COC(=O)c1ccc(CN(C(=O)C2CCS(O)(O)CC2)c2ccc(F)c(Cl)c2)c(F)c1. The zero-order chi connectivity index (χ0) is 22.8. The molecule has 0 aliphatic carbocycles. The van der Waals surface area contributed by atoms with E-state index < -0.39 is 34.1 Å². The van der Waals surface area contributed by atoms with Gasteiger partial charge in [-0.25, -0.2) is 13.6 Å². The van der Waals surface area contributed by atoms with Gasteiger partial charge in [-0.15, -0.1) is 0 Å². The molecule has 0 aromatic heterocycles. The fourth-order valence-corrected chi connectivity index (χ4v) is 5.12. The van der Waals surface area contributed by atoms with Crippen LogP contribution in [0.25, 0.3) is 0 Å². The summed E-state index contributed by atoms with van der Waals surface area (Å²) in [5, 5.41) is -0.186. The molecule has 0 spiro atoms. The van der Waals surface area contributed by atoms with Gasteiger partial charge in [-0.3, -0.25) is 13.9 Å². The molecule has 10 heteroatoms. The van der Waals surface area contributed by atoms with Crippen LogP contribution in [0.1, 0.15) is 28.8 Å². The lowest BCUT2D eigenvalue weighted by Crippen LogP contribution is -2.39. The van der Waals surface area contributed by atoms with Gasteiger partial charge in [0.15, 0.2) is 0 Å². The van der Waals surface area contributed by atoms with E-state index in [9.17, 15) is 27.5 Å². The van der Waals surface area contributed by atoms with Crippen LogP contribution in [0.2, 0.25) is 5.02 Å². The molecule has 1 aliphatic rings. The maximum atomic E-state index is 14.7. The van der Waals surface area contributed by atoms with Crippen molar-refractivity contribution < 1.29 is 32.2 Å². The number of benzene rings is 2. The van der Waals surface area contributed by atoms with E-state index in [4.69, 9.17) is 11.6 Å². The molecule has 1 saturated heterocycles. The second-order valence-corrected chi connectivity index (χ2v) is 10.1. The standard InChI is InChI=1S/C21H22ClF2NO5S/c1-30-21(27)14-2-3-15(19(24)10-14)12-25(16-4-5-18(23)17(22)11-16)20(26)13-6-8-31(28,29)9-7-13/h2-5,10-11,13,28-29H,6-9,12H2,1H3. The zero-order valence-corrected chi connectivity index (χ0v) is 18.3. The van der Waals surface area contributed by atoms with Crippen LogP contribution in [0.5, 0.6) is 0 Å². The van der Waals surface area contributed by atoms with Crippen molar-refractivity contribution in [3.05, 3.63) is 64.2 Å². The molecule has 2 N–H and O–H groups in total. The Bertz CT molecular complexity index is 994. The van der Waals surface area contributed by atoms with E-state index in [0.29, 0.717) is 0 Å². The molecule has 2 aromatic carbocycles. The Morgan fingerprint density at radius 2 is 1.81 bits per heavy atom. The van der Waals surface area contributed by atoms with Crippen LogP contribution in [0.15, 0.2) is 36.4 Å². The first kappa shape index (κ1) is 23.5. The van der Waals surface area contributed by atoms with Gasteiger partial charge in [0.05, 0.1) is 24.2 Å². The predicted octanol–water partition coefficient (Wildman–Crippen LogP) is 5.10. The number of methoxy groups -OCH3 is 1. The molecule has 2 aromatic rings. The fourth-order valence-electron chi connectivity index (χ4n) is 3.42. The number of amides is 1. The molecule has 3 rings (SSSR count). The third-order valence-corrected chi connectivity index (χ3v) is 7.29. The van der Waals surface area contributed by atoms with E-state index in [1.807, 2.05) is 0 Å². The monoisotopic (exact) mass is 473 g/mol. The number of carbonyl (C=O) groups excluding carboxylic acids is 2. The van der Waals surface area contributed by atoms with Gasteiger partial charge in [-0.05, 0) is 43.2 Å². The summed E-state index contributed by atoms with van der Waals surface area (Å²) >= 11 is 5.89. The van der Waals surface area contributed by atoms with Crippen LogP contribution in [-0.2, 0) is 16.1 Å². The van der Waals surface area contributed by atoms with Crippen LogP contribution in [0, 0.1) is 17.6 Å². The van der Waals surface area contributed by atoms with Gasteiger partial charge in [0.1, 0.15) is 11.6 Å². The quantitative estimate of drug-likeness (QED) is 0.590. The Balaban J connectivity index is 1.92. The highest BCUT2D eigenvalue weighted by molar-refractivity contribution is 8.24. The number of anilines is 1. The van der Waals surface area contributed by atoms with Crippen molar-refractivity contribution in [2.45, 2.75) is 19.4 Å². The van der Waals surface area contributed by atoms with Crippen molar-refractivity contribution in [1.29, 1.82) is 0 Å². The molecule has 168 valence electrons. The third-order valence-electron chi connectivity index (χ3n) is 5.22. The molecule has 0 saturated carbocycles.